The van der Waals surface area contributed by atoms with Gasteiger partial charge < -0.3 is 15.6 Å². The first kappa shape index (κ1) is 21.9. The molecule has 0 saturated carbocycles. The molecule has 2 amide bonds. The van der Waals surface area contributed by atoms with Crippen LogP contribution in [0.5, 0.6) is 5.75 Å². The molecule has 0 aliphatic carbocycles. The van der Waals surface area contributed by atoms with E-state index in [4.69, 9.17) is 10.5 Å². The third kappa shape index (κ3) is 4.53. The van der Waals surface area contributed by atoms with E-state index in [1.807, 2.05) is 44.2 Å². The lowest BCUT2D eigenvalue weighted by molar-refractivity contribution is -0.119. The van der Waals surface area contributed by atoms with E-state index in [1.54, 1.807) is 18.2 Å². The Labute approximate surface area is 179 Å². The maximum atomic E-state index is 13.4. The highest BCUT2D eigenvalue weighted by Gasteiger charge is 2.24. The number of amides is 2. The predicted molar refractivity (Wildman–Crippen MR) is 120 cm³/mol. The van der Waals surface area contributed by atoms with Crippen molar-refractivity contribution in [1.82, 2.24) is 4.57 Å². The summed E-state index contributed by atoms with van der Waals surface area (Å²) < 4.78 is 6.94. The van der Waals surface area contributed by atoms with Crippen molar-refractivity contribution in [2.24, 2.45) is 11.7 Å². The molecule has 0 spiro atoms. The van der Waals surface area contributed by atoms with Gasteiger partial charge in [0.15, 0.2) is 6.61 Å². The van der Waals surface area contributed by atoms with Crippen LogP contribution in [0.3, 0.4) is 0 Å². The van der Waals surface area contributed by atoms with Crippen LogP contribution >= 0.6 is 0 Å². The second-order valence-corrected chi connectivity index (χ2v) is 7.68. The zero-order chi connectivity index (χ0) is 22.7. The third-order valence-electron chi connectivity index (χ3n) is 4.81. The van der Waals surface area contributed by atoms with Crippen LogP contribution in [0.15, 0.2) is 53.3 Å². The van der Waals surface area contributed by atoms with Crippen LogP contribution < -0.4 is 20.9 Å². The average molecular weight is 423 g/mol. The van der Waals surface area contributed by atoms with Crippen molar-refractivity contribution >= 4 is 28.6 Å². The molecule has 1 aromatic heterocycles. The quantitative estimate of drug-likeness (QED) is 0.605. The molecule has 162 valence electrons. The van der Waals surface area contributed by atoms with Crippen LogP contribution in [0, 0.1) is 5.92 Å². The van der Waals surface area contributed by atoms with E-state index in [1.165, 1.54) is 11.6 Å². The van der Waals surface area contributed by atoms with Gasteiger partial charge in [-0.25, -0.2) is 4.79 Å². The number of carboxylic acid groups (broad SMARTS) is 1. The number of carbonyl (C=O) groups is 2. The third-order valence-corrected chi connectivity index (χ3v) is 4.81. The minimum Gasteiger partial charge on any atom is -0.484 e. The molecule has 0 saturated heterocycles. The number of hydrogen-bond donors (Lipinski definition) is 2. The number of nitrogens with two attached hydrogens (primary N) is 1. The van der Waals surface area contributed by atoms with E-state index < -0.39 is 12.0 Å². The predicted octanol–water partition coefficient (Wildman–Crippen LogP) is 3.30. The van der Waals surface area contributed by atoms with E-state index in [0.29, 0.717) is 28.6 Å². The summed E-state index contributed by atoms with van der Waals surface area (Å²) in [7, 11) is 1.42. The van der Waals surface area contributed by atoms with Gasteiger partial charge in [0.2, 0.25) is 0 Å². The molecule has 0 aliphatic heterocycles. The second kappa shape index (κ2) is 8.91. The molecule has 1 heterocycles. The molecule has 0 aliphatic rings. The van der Waals surface area contributed by atoms with Gasteiger partial charge in [0, 0.05) is 29.9 Å². The average Bonchev–Trinajstić information content (AvgIpc) is 2.73. The Morgan fingerprint density at radius 2 is 1.81 bits per heavy atom. The molecule has 0 radical (unpaired) electrons. The van der Waals surface area contributed by atoms with Crippen molar-refractivity contribution in [2.75, 3.05) is 18.6 Å². The van der Waals surface area contributed by atoms with Gasteiger partial charge in [0.05, 0.1) is 0 Å². The number of rotatable bonds is 7. The Morgan fingerprint density at radius 1 is 1.13 bits per heavy atom. The lowest BCUT2D eigenvalue weighted by Gasteiger charge is -2.26. The van der Waals surface area contributed by atoms with Gasteiger partial charge in [-0.05, 0) is 29.7 Å². The summed E-state index contributed by atoms with van der Waals surface area (Å²) >= 11 is 0. The zero-order valence-electron chi connectivity index (χ0n) is 17.7. The molecule has 3 rings (SSSR count). The molecule has 0 fully saturated rings. The molecule has 31 heavy (non-hydrogen) atoms. The van der Waals surface area contributed by atoms with Gasteiger partial charge in [0.25, 0.3) is 11.5 Å². The smallest absolute Gasteiger partial charge is 0.412 e. The van der Waals surface area contributed by atoms with E-state index in [-0.39, 0.29) is 23.9 Å². The number of aromatic nitrogens is 1. The summed E-state index contributed by atoms with van der Waals surface area (Å²) in [5, 5.41) is 10.7. The van der Waals surface area contributed by atoms with Crippen LogP contribution in [0.25, 0.3) is 21.9 Å². The molecule has 3 aromatic rings. The SMILES string of the molecule is CC(C)Cn1c(N(C)C(=O)O)c(-c2ccccc2)c2cc(OCC(N)=O)ccc2c1=O. The van der Waals surface area contributed by atoms with E-state index in [0.717, 1.165) is 10.5 Å². The number of pyridine rings is 1. The number of fused-ring (bicyclic) bond motifs is 1. The zero-order valence-corrected chi connectivity index (χ0v) is 17.7. The van der Waals surface area contributed by atoms with Gasteiger partial charge >= 0.3 is 6.09 Å². The highest BCUT2D eigenvalue weighted by atomic mass is 16.5. The molecular formula is C23H25N3O5. The lowest BCUT2D eigenvalue weighted by atomic mass is 9.98. The molecule has 0 bridgehead atoms. The molecule has 2 aromatic carbocycles. The van der Waals surface area contributed by atoms with Crippen molar-refractivity contribution < 1.29 is 19.4 Å². The minimum absolute atomic E-state index is 0.109. The number of benzene rings is 2. The largest absolute Gasteiger partial charge is 0.484 e. The Balaban J connectivity index is 2.44. The first-order valence-corrected chi connectivity index (χ1v) is 9.84. The maximum Gasteiger partial charge on any atom is 0.412 e. The summed E-state index contributed by atoms with van der Waals surface area (Å²) in [5.41, 5.74) is 6.21. The number of hydrogen-bond acceptors (Lipinski definition) is 4. The Hall–Kier alpha value is -3.81. The number of anilines is 1. The van der Waals surface area contributed by atoms with Gasteiger partial charge in [0.1, 0.15) is 11.6 Å². The van der Waals surface area contributed by atoms with Gasteiger partial charge in [-0.3, -0.25) is 19.1 Å². The Kier molecular flexibility index (Phi) is 6.29. The molecule has 0 atom stereocenters. The van der Waals surface area contributed by atoms with Crippen LogP contribution in [0.1, 0.15) is 13.8 Å². The molecular weight excluding hydrogens is 398 g/mol. The van der Waals surface area contributed by atoms with Crippen molar-refractivity contribution in [3.63, 3.8) is 0 Å². The summed E-state index contributed by atoms with van der Waals surface area (Å²) in [6.07, 6.45) is -1.19. The van der Waals surface area contributed by atoms with Gasteiger partial charge in [-0.15, -0.1) is 0 Å². The Morgan fingerprint density at radius 3 is 2.39 bits per heavy atom. The van der Waals surface area contributed by atoms with Crippen molar-refractivity contribution in [1.29, 1.82) is 0 Å². The van der Waals surface area contributed by atoms with Gasteiger partial charge in [-0.1, -0.05) is 44.2 Å². The van der Waals surface area contributed by atoms with Crippen LogP contribution in [-0.2, 0) is 11.3 Å². The molecule has 3 N–H and O–H groups in total. The fraction of sp³-hybridized carbons (Fsp3) is 0.261. The summed E-state index contributed by atoms with van der Waals surface area (Å²) in [4.78, 5) is 37.5. The molecule has 8 heteroatoms. The number of nitrogens with zero attached hydrogens (tertiary/aromatic N) is 2. The Bertz CT molecular complexity index is 1190. The van der Waals surface area contributed by atoms with Crippen molar-refractivity contribution in [2.45, 2.75) is 20.4 Å². The minimum atomic E-state index is -1.19. The molecule has 8 nitrogen and oxygen atoms in total. The second-order valence-electron chi connectivity index (χ2n) is 7.68. The number of primary amides is 1. The summed E-state index contributed by atoms with van der Waals surface area (Å²) in [6.45, 7) is 3.97. The number of carbonyl (C=O) groups excluding carboxylic acids is 1. The topological polar surface area (TPSA) is 115 Å². The van der Waals surface area contributed by atoms with Crippen molar-refractivity contribution in [3.8, 4) is 16.9 Å². The standard InChI is InChI=1S/C23H25N3O5/c1-14(2)12-26-21(25(3)23(29)30)20(15-7-5-4-6-8-15)18-11-16(31-13-19(24)27)9-10-17(18)22(26)28/h4-11,14H,12-13H2,1-3H3,(H2,24,27)(H,29,30). The number of ether oxygens (including phenoxy) is 1. The maximum absolute atomic E-state index is 13.4. The van der Waals surface area contributed by atoms with Crippen LogP contribution in [-0.4, -0.2) is 35.3 Å². The highest BCUT2D eigenvalue weighted by molar-refractivity contribution is 6.05. The lowest BCUT2D eigenvalue weighted by Crippen LogP contribution is -2.34. The van der Waals surface area contributed by atoms with Crippen LogP contribution in [0.2, 0.25) is 0 Å². The monoisotopic (exact) mass is 423 g/mol. The van der Waals surface area contributed by atoms with E-state index >= 15 is 0 Å². The summed E-state index contributed by atoms with van der Waals surface area (Å²) in [6, 6.07) is 14.1. The first-order chi connectivity index (χ1) is 14.7. The normalized spacial score (nSPS) is 11.0. The fourth-order valence-electron chi connectivity index (χ4n) is 3.52. The van der Waals surface area contributed by atoms with Crippen molar-refractivity contribution in [3.05, 3.63) is 58.9 Å². The van der Waals surface area contributed by atoms with E-state index in [2.05, 4.69) is 0 Å². The van der Waals surface area contributed by atoms with Gasteiger partial charge in [-0.2, -0.15) is 0 Å². The highest BCUT2D eigenvalue weighted by Crippen LogP contribution is 2.37. The summed E-state index contributed by atoms with van der Waals surface area (Å²) in [5.74, 6) is 0.116. The van der Waals surface area contributed by atoms with Crippen LogP contribution in [0.4, 0.5) is 10.6 Å². The molecule has 0 unspecified atom stereocenters. The first-order valence-electron chi connectivity index (χ1n) is 9.84. The van der Waals surface area contributed by atoms with E-state index in [9.17, 15) is 19.5 Å². The fourth-order valence-corrected chi connectivity index (χ4v) is 3.52.